The van der Waals surface area contributed by atoms with Crippen LogP contribution in [0.5, 0.6) is 0 Å². The lowest BCUT2D eigenvalue weighted by atomic mass is 9.90. The normalized spacial score (nSPS) is 17.6. The van der Waals surface area contributed by atoms with Gasteiger partial charge in [0.1, 0.15) is 0 Å². The molecule has 3 N–H and O–H groups in total. The van der Waals surface area contributed by atoms with Crippen molar-refractivity contribution < 1.29 is 9.90 Å². The first-order valence-electron chi connectivity index (χ1n) is 6.79. The molecular weight excluding hydrogens is 216 g/mol. The van der Waals surface area contributed by atoms with Crippen LogP contribution in [0.15, 0.2) is 0 Å². The number of hydrogen-bond donors (Lipinski definition) is 2. The number of nitrogens with two attached hydrogens (primary N) is 1. The fourth-order valence-electron chi connectivity index (χ4n) is 2.08. The van der Waals surface area contributed by atoms with E-state index in [0.717, 1.165) is 19.3 Å². The van der Waals surface area contributed by atoms with Crippen molar-refractivity contribution in [3.05, 3.63) is 0 Å². The second kappa shape index (κ2) is 7.67. The molecule has 17 heavy (non-hydrogen) atoms. The third-order valence-corrected chi connectivity index (χ3v) is 3.65. The van der Waals surface area contributed by atoms with E-state index in [-0.39, 0.29) is 12.5 Å². The van der Waals surface area contributed by atoms with Gasteiger partial charge in [-0.1, -0.05) is 6.92 Å². The molecule has 1 aliphatic rings. The fraction of sp³-hybridized carbons (Fsp3) is 0.923. The van der Waals surface area contributed by atoms with E-state index in [1.165, 1.54) is 6.42 Å². The number of amides is 1. The van der Waals surface area contributed by atoms with E-state index < -0.39 is 0 Å². The van der Waals surface area contributed by atoms with Crippen LogP contribution < -0.4 is 5.73 Å². The molecule has 1 amide bonds. The van der Waals surface area contributed by atoms with E-state index in [4.69, 9.17) is 10.8 Å². The van der Waals surface area contributed by atoms with Gasteiger partial charge in [-0.15, -0.1) is 0 Å². The van der Waals surface area contributed by atoms with Gasteiger partial charge in [0.2, 0.25) is 5.91 Å². The number of carbonyl (C=O) groups excluding carboxylic acids is 1. The van der Waals surface area contributed by atoms with Gasteiger partial charge in [0.15, 0.2) is 0 Å². The van der Waals surface area contributed by atoms with Crippen molar-refractivity contribution in [3.8, 4) is 0 Å². The Morgan fingerprint density at radius 2 is 2.24 bits per heavy atom. The molecule has 0 radical (unpaired) electrons. The summed E-state index contributed by atoms with van der Waals surface area (Å²) in [6, 6.07) is 0.433. The minimum Gasteiger partial charge on any atom is -0.396 e. The Balaban J connectivity index is 2.36. The summed E-state index contributed by atoms with van der Waals surface area (Å²) in [5.41, 5.74) is 5.55. The predicted molar refractivity (Wildman–Crippen MR) is 68.5 cm³/mol. The van der Waals surface area contributed by atoms with Gasteiger partial charge < -0.3 is 15.7 Å². The van der Waals surface area contributed by atoms with Crippen molar-refractivity contribution in [2.24, 2.45) is 11.7 Å². The fourth-order valence-corrected chi connectivity index (χ4v) is 2.08. The molecule has 1 saturated carbocycles. The molecule has 0 aromatic carbocycles. The Kier molecular flexibility index (Phi) is 6.52. The summed E-state index contributed by atoms with van der Waals surface area (Å²) in [4.78, 5) is 14.1. The highest BCUT2D eigenvalue weighted by Gasteiger charge is 2.27. The van der Waals surface area contributed by atoms with E-state index >= 15 is 0 Å². The maximum absolute atomic E-state index is 12.1. The molecule has 1 fully saturated rings. The number of nitrogens with zero attached hydrogens (tertiary/aromatic N) is 1. The second-order valence-corrected chi connectivity index (χ2v) is 5.13. The Hall–Kier alpha value is -0.610. The van der Waals surface area contributed by atoms with E-state index in [1.54, 1.807) is 0 Å². The van der Waals surface area contributed by atoms with Crippen molar-refractivity contribution in [1.29, 1.82) is 0 Å². The molecule has 4 nitrogen and oxygen atoms in total. The van der Waals surface area contributed by atoms with Crippen molar-refractivity contribution >= 4 is 5.91 Å². The molecule has 0 aromatic rings. The minimum absolute atomic E-state index is 0.162. The first kappa shape index (κ1) is 14.5. The van der Waals surface area contributed by atoms with E-state index in [2.05, 4.69) is 6.92 Å². The van der Waals surface area contributed by atoms with Gasteiger partial charge in [0.25, 0.3) is 0 Å². The zero-order valence-corrected chi connectivity index (χ0v) is 10.9. The quantitative estimate of drug-likeness (QED) is 0.670. The predicted octanol–water partition coefficient (Wildman–Crippen LogP) is 1.12. The number of rotatable bonds is 8. The van der Waals surface area contributed by atoms with Crippen LogP contribution in [-0.2, 0) is 4.79 Å². The summed E-state index contributed by atoms with van der Waals surface area (Å²) in [6.45, 7) is 3.59. The van der Waals surface area contributed by atoms with Gasteiger partial charge in [-0.05, 0) is 44.6 Å². The first-order valence-corrected chi connectivity index (χ1v) is 6.79. The number of carbonyl (C=O) groups is 1. The Morgan fingerprint density at radius 1 is 1.53 bits per heavy atom. The summed E-state index contributed by atoms with van der Waals surface area (Å²) in [5.74, 6) is 0.656. The molecule has 1 unspecified atom stereocenters. The summed E-state index contributed by atoms with van der Waals surface area (Å²) < 4.78 is 0. The minimum atomic E-state index is 0.162. The van der Waals surface area contributed by atoms with Gasteiger partial charge in [-0.25, -0.2) is 0 Å². The van der Waals surface area contributed by atoms with Crippen molar-refractivity contribution in [1.82, 2.24) is 4.90 Å². The molecule has 4 heteroatoms. The van der Waals surface area contributed by atoms with Crippen molar-refractivity contribution in [2.75, 3.05) is 19.7 Å². The highest BCUT2D eigenvalue weighted by molar-refractivity contribution is 5.76. The largest absolute Gasteiger partial charge is 0.396 e. The molecule has 0 aromatic heterocycles. The summed E-state index contributed by atoms with van der Waals surface area (Å²) in [5, 5.41) is 8.87. The van der Waals surface area contributed by atoms with E-state index in [0.29, 0.717) is 37.9 Å². The number of aliphatic hydroxyl groups excluding tert-OH is 1. The first-order chi connectivity index (χ1) is 8.19. The Labute approximate surface area is 104 Å². The van der Waals surface area contributed by atoms with Crippen LogP contribution in [0, 0.1) is 5.92 Å². The van der Waals surface area contributed by atoms with Crippen LogP contribution in [0.4, 0.5) is 0 Å². The molecule has 1 rings (SSSR count). The van der Waals surface area contributed by atoms with Crippen LogP contribution in [0.2, 0.25) is 0 Å². The van der Waals surface area contributed by atoms with Crippen LogP contribution in [-0.4, -0.2) is 41.7 Å². The molecule has 100 valence electrons. The molecule has 0 saturated heterocycles. The molecule has 0 spiro atoms. The standard InChI is InChI=1S/C13H26N2O2/c1-11(10-14)6-7-13(17)15(8-3-9-16)12-4-2-5-12/h11-12,16H,2-10,14H2,1H3. The summed E-state index contributed by atoms with van der Waals surface area (Å²) in [6.07, 6.45) is 5.65. The number of aliphatic hydroxyl groups is 1. The zero-order valence-electron chi connectivity index (χ0n) is 10.9. The molecule has 1 aliphatic carbocycles. The summed E-state index contributed by atoms with van der Waals surface area (Å²) >= 11 is 0. The van der Waals surface area contributed by atoms with Crippen LogP contribution in [0.1, 0.15) is 45.4 Å². The molecule has 0 heterocycles. The SMILES string of the molecule is CC(CN)CCC(=O)N(CCCO)C1CCC1. The van der Waals surface area contributed by atoms with Gasteiger partial charge in [-0.3, -0.25) is 4.79 Å². The molecule has 0 aliphatic heterocycles. The Morgan fingerprint density at radius 3 is 2.71 bits per heavy atom. The lowest BCUT2D eigenvalue weighted by Gasteiger charge is -2.38. The number of hydrogen-bond acceptors (Lipinski definition) is 3. The Bertz CT molecular complexity index is 229. The molecular formula is C13H26N2O2. The van der Waals surface area contributed by atoms with Gasteiger partial charge >= 0.3 is 0 Å². The highest BCUT2D eigenvalue weighted by Crippen LogP contribution is 2.26. The maximum atomic E-state index is 12.1. The third-order valence-electron chi connectivity index (χ3n) is 3.65. The van der Waals surface area contributed by atoms with E-state index in [9.17, 15) is 4.79 Å². The average Bonchev–Trinajstić information content (AvgIpc) is 2.28. The van der Waals surface area contributed by atoms with Crippen LogP contribution >= 0.6 is 0 Å². The lowest BCUT2D eigenvalue weighted by Crippen LogP contribution is -2.45. The smallest absolute Gasteiger partial charge is 0.222 e. The van der Waals surface area contributed by atoms with Gasteiger partial charge in [-0.2, -0.15) is 0 Å². The molecule has 0 bridgehead atoms. The summed E-state index contributed by atoms with van der Waals surface area (Å²) in [7, 11) is 0. The van der Waals surface area contributed by atoms with Crippen molar-refractivity contribution in [3.63, 3.8) is 0 Å². The lowest BCUT2D eigenvalue weighted by molar-refractivity contribution is -0.135. The van der Waals surface area contributed by atoms with Crippen LogP contribution in [0.3, 0.4) is 0 Å². The van der Waals surface area contributed by atoms with Gasteiger partial charge in [0, 0.05) is 25.6 Å². The van der Waals surface area contributed by atoms with E-state index in [1.807, 2.05) is 4.90 Å². The third kappa shape index (κ3) is 4.64. The average molecular weight is 242 g/mol. The van der Waals surface area contributed by atoms with Crippen molar-refractivity contribution in [2.45, 2.75) is 51.5 Å². The monoisotopic (exact) mass is 242 g/mol. The van der Waals surface area contributed by atoms with Gasteiger partial charge in [0.05, 0.1) is 0 Å². The van der Waals surface area contributed by atoms with Crippen LogP contribution in [0.25, 0.3) is 0 Å². The second-order valence-electron chi connectivity index (χ2n) is 5.13. The highest BCUT2D eigenvalue weighted by atomic mass is 16.3. The topological polar surface area (TPSA) is 66.6 Å². The molecule has 1 atom stereocenters. The maximum Gasteiger partial charge on any atom is 0.222 e. The zero-order chi connectivity index (χ0) is 12.7.